The topological polar surface area (TPSA) is 162 Å². The lowest BCUT2D eigenvalue weighted by Gasteiger charge is -2.16. The second-order valence-electron chi connectivity index (χ2n) is 9.33. The summed E-state index contributed by atoms with van der Waals surface area (Å²) in [5, 5.41) is 16.5. The largest absolute Gasteiger partial charge is 0.490 e. The van der Waals surface area contributed by atoms with Crippen molar-refractivity contribution >= 4 is 68.0 Å². The molecule has 1 amide bonds. The average molecular weight is 649 g/mol. The van der Waals surface area contributed by atoms with Crippen LogP contribution in [0.25, 0.3) is 0 Å². The molecule has 0 spiro atoms. The molecule has 1 aliphatic heterocycles. The number of benzene rings is 3. The fourth-order valence-electron chi connectivity index (χ4n) is 3.97. The fraction of sp³-hybridized carbons (Fsp3) is 0.143. The van der Waals surface area contributed by atoms with Crippen LogP contribution in [0.15, 0.2) is 77.8 Å². The minimum absolute atomic E-state index is 0.0831. The van der Waals surface area contributed by atoms with Gasteiger partial charge in [-0.2, -0.15) is 18.2 Å². The van der Waals surface area contributed by atoms with Gasteiger partial charge < -0.3 is 21.1 Å². The molecule has 5 rings (SSSR count). The third kappa shape index (κ3) is 8.58. The molecule has 44 heavy (non-hydrogen) atoms. The van der Waals surface area contributed by atoms with Crippen LogP contribution < -0.4 is 20.7 Å². The van der Waals surface area contributed by atoms with Crippen molar-refractivity contribution in [3.05, 3.63) is 89.1 Å². The zero-order chi connectivity index (χ0) is 32.1. The molecule has 1 aromatic heterocycles. The number of halogens is 4. The summed E-state index contributed by atoms with van der Waals surface area (Å²) in [7, 11) is -3.88. The average Bonchev–Trinajstić information content (AvgIpc) is 2.95. The molecule has 0 unspecified atom stereocenters. The third-order valence-corrected chi connectivity index (χ3v) is 7.61. The lowest BCUT2D eigenvalue weighted by atomic mass is 10.0. The Bertz CT molecular complexity index is 1800. The molecular formula is C28H24ClF3N6O5S. The minimum Gasteiger partial charge on any atom is -0.475 e. The molecule has 16 heteroatoms. The highest BCUT2D eigenvalue weighted by atomic mass is 35.5. The smallest absolute Gasteiger partial charge is 0.475 e. The number of carboxylic acid groups (broad SMARTS) is 1. The van der Waals surface area contributed by atoms with Gasteiger partial charge >= 0.3 is 12.1 Å². The summed E-state index contributed by atoms with van der Waals surface area (Å²) in [6, 6.07) is 19.2. The number of aromatic nitrogens is 2. The van der Waals surface area contributed by atoms with E-state index in [-0.39, 0.29) is 10.8 Å². The van der Waals surface area contributed by atoms with E-state index in [1.807, 2.05) is 30.3 Å². The Labute approximate surface area is 254 Å². The maximum atomic E-state index is 13.2. The molecule has 0 fully saturated rings. The summed E-state index contributed by atoms with van der Waals surface area (Å²) in [4.78, 5) is 29.0. The van der Waals surface area contributed by atoms with Crippen LogP contribution >= 0.6 is 11.6 Å². The van der Waals surface area contributed by atoms with Gasteiger partial charge in [-0.15, -0.1) is 0 Å². The van der Waals surface area contributed by atoms with Crippen LogP contribution in [0, 0.1) is 0 Å². The van der Waals surface area contributed by atoms with E-state index in [2.05, 4.69) is 30.6 Å². The van der Waals surface area contributed by atoms with Gasteiger partial charge in [-0.05, 0) is 78.6 Å². The van der Waals surface area contributed by atoms with Crippen LogP contribution in [0.1, 0.15) is 18.1 Å². The number of aryl methyl sites for hydroxylation is 2. The normalized spacial score (nSPS) is 12.4. The van der Waals surface area contributed by atoms with Crippen molar-refractivity contribution in [2.24, 2.45) is 0 Å². The van der Waals surface area contributed by atoms with Crippen molar-refractivity contribution in [2.75, 3.05) is 20.7 Å². The first-order valence-corrected chi connectivity index (χ1v) is 14.5. The van der Waals surface area contributed by atoms with E-state index in [0.29, 0.717) is 46.7 Å². The molecule has 6 bridgehead atoms. The zero-order valence-corrected chi connectivity index (χ0v) is 24.3. The summed E-state index contributed by atoms with van der Waals surface area (Å²) < 4.78 is 60.8. The predicted octanol–water partition coefficient (Wildman–Crippen LogP) is 6.11. The standard InChI is InChI=1S/C26H23ClN6O3S.C2HF3O2/c1-16(34)29-19-7-10-22(11-8-19)37(35,36)33-24-12-9-21-14-18(24)6-5-17-3-2-4-20(13-17)31-26-28-15-23(27)25(30-21)32-26;3-2(4,5)1(6)7/h2-4,7-15,33H,5-6H2,1H3,(H,29,34)(H2,28,30,31,32);(H,6,7). The quantitative estimate of drug-likeness (QED) is 0.176. The second kappa shape index (κ2) is 13.2. The van der Waals surface area contributed by atoms with Gasteiger partial charge in [0.1, 0.15) is 5.02 Å². The highest BCUT2D eigenvalue weighted by molar-refractivity contribution is 7.92. The number of nitrogens with one attached hydrogen (secondary N) is 4. The SMILES string of the molecule is CC(=O)Nc1ccc(S(=O)(=O)Nc2ccc3cc2CCc2cccc(c2)Nc2ncc(Cl)c(n2)N3)cc1.O=C(O)C(F)(F)F. The Morgan fingerprint density at radius 3 is 2.32 bits per heavy atom. The van der Waals surface area contributed by atoms with Crippen molar-refractivity contribution in [3.8, 4) is 0 Å². The van der Waals surface area contributed by atoms with Gasteiger partial charge in [-0.1, -0.05) is 23.7 Å². The van der Waals surface area contributed by atoms with Crippen LogP contribution in [0.5, 0.6) is 0 Å². The molecule has 11 nitrogen and oxygen atoms in total. The summed E-state index contributed by atoms with van der Waals surface area (Å²) in [5.74, 6) is -2.17. The first-order chi connectivity index (χ1) is 20.7. The molecule has 5 N–H and O–H groups in total. The number of sulfonamides is 1. The van der Waals surface area contributed by atoms with Gasteiger partial charge in [-0.3, -0.25) is 9.52 Å². The van der Waals surface area contributed by atoms with E-state index in [1.165, 1.54) is 25.3 Å². The number of carbonyl (C=O) groups is 2. The number of rotatable bonds is 4. The minimum atomic E-state index is -5.08. The monoisotopic (exact) mass is 648 g/mol. The summed E-state index contributed by atoms with van der Waals surface area (Å²) in [6.45, 7) is 1.39. The van der Waals surface area contributed by atoms with Crippen LogP contribution in [0.2, 0.25) is 5.02 Å². The second-order valence-corrected chi connectivity index (χ2v) is 11.4. The van der Waals surface area contributed by atoms with E-state index in [9.17, 15) is 26.4 Å². The van der Waals surface area contributed by atoms with Crippen molar-refractivity contribution in [2.45, 2.75) is 30.8 Å². The van der Waals surface area contributed by atoms with Crippen molar-refractivity contribution < 1.29 is 36.3 Å². The van der Waals surface area contributed by atoms with Crippen molar-refractivity contribution in [3.63, 3.8) is 0 Å². The number of amides is 1. The number of anilines is 6. The fourth-order valence-corrected chi connectivity index (χ4v) is 5.21. The van der Waals surface area contributed by atoms with Gasteiger partial charge in [0, 0.05) is 24.0 Å². The maximum Gasteiger partial charge on any atom is 0.490 e. The Morgan fingerprint density at radius 1 is 0.977 bits per heavy atom. The number of carboxylic acids is 1. The number of fused-ring (bicyclic) bond motifs is 6. The molecule has 230 valence electrons. The lowest BCUT2D eigenvalue weighted by molar-refractivity contribution is -0.192. The Morgan fingerprint density at radius 2 is 1.66 bits per heavy atom. The van der Waals surface area contributed by atoms with Crippen LogP contribution in [0.3, 0.4) is 0 Å². The van der Waals surface area contributed by atoms with Gasteiger partial charge in [0.2, 0.25) is 11.9 Å². The van der Waals surface area contributed by atoms with E-state index in [0.717, 1.165) is 16.8 Å². The maximum absolute atomic E-state index is 13.2. The Hall–Kier alpha value is -4.89. The van der Waals surface area contributed by atoms with E-state index in [1.54, 1.807) is 24.3 Å². The third-order valence-electron chi connectivity index (χ3n) is 5.95. The molecule has 0 saturated heterocycles. The van der Waals surface area contributed by atoms with Gasteiger partial charge in [-0.25, -0.2) is 18.2 Å². The summed E-state index contributed by atoms with van der Waals surface area (Å²) in [6.07, 6.45) is -2.31. The van der Waals surface area contributed by atoms with Crippen molar-refractivity contribution in [1.29, 1.82) is 0 Å². The summed E-state index contributed by atoms with van der Waals surface area (Å²) in [5.41, 5.74) is 4.39. The number of hydrogen-bond donors (Lipinski definition) is 5. The molecule has 1 aliphatic rings. The molecule has 0 saturated carbocycles. The van der Waals surface area contributed by atoms with Gasteiger partial charge in [0.05, 0.1) is 16.8 Å². The van der Waals surface area contributed by atoms with Gasteiger partial charge in [0.25, 0.3) is 10.0 Å². The van der Waals surface area contributed by atoms with Gasteiger partial charge in [0.15, 0.2) is 5.82 Å². The van der Waals surface area contributed by atoms with Crippen molar-refractivity contribution in [1.82, 2.24) is 9.97 Å². The Balaban J connectivity index is 0.000000566. The molecule has 2 heterocycles. The molecular weight excluding hydrogens is 625 g/mol. The molecule has 0 atom stereocenters. The number of aliphatic carboxylic acids is 1. The summed E-state index contributed by atoms with van der Waals surface area (Å²) >= 11 is 6.33. The predicted molar refractivity (Wildman–Crippen MR) is 159 cm³/mol. The molecule has 0 aliphatic carbocycles. The van der Waals surface area contributed by atoms with Crippen LogP contribution in [0.4, 0.5) is 47.7 Å². The zero-order valence-electron chi connectivity index (χ0n) is 22.7. The first-order valence-electron chi connectivity index (χ1n) is 12.7. The number of hydrogen-bond acceptors (Lipinski definition) is 8. The number of nitrogens with zero attached hydrogens (tertiary/aromatic N) is 2. The number of carbonyl (C=O) groups excluding carboxylic acids is 1. The van der Waals surface area contributed by atoms with E-state index < -0.39 is 22.2 Å². The molecule has 4 aromatic rings. The van der Waals surface area contributed by atoms with Crippen LogP contribution in [-0.4, -0.2) is 41.5 Å². The highest BCUT2D eigenvalue weighted by Gasteiger charge is 2.38. The molecule has 3 aromatic carbocycles. The lowest BCUT2D eigenvalue weighted by Crippen LogP contribution is -2.21. The van der Waals surface area contributed by atoms with E-state index in [4.69, 9.17) is 21.5 Å². The molecule has 0 radical (unpaired) electrons. The number of alkyl halides is 3. The highest BCUT2D eigenvalue weighted by Crippen LogP contribution is 2.30. The first kappa shape index (κ1) is 32.0. The Kier molecular flexibility index (Phi) is 9.59. The van der Waals surface area contributed by atoms with E-state index >= 15 is 0 Å². The van der Waals surface area contributed by atoms with Crippen LogP contribution in [-0.2, 0) is 32.5 Å².